The molecule has 1 aliphatic carbocycles. The zero-order valence-corrected chi connectivity index (χ0v) is 12.9. The second-order valence-electron chi connectivity index (χ2n) is 5.38. The van der Waals surface area contributed by atoms with Crippen molar-refractivity contribution in [1.82, 2.24) is 5.32 Å². The summed E-state index contributed by atoms with van der Waals surface area (Å²) in [6.07, 6.45) is -0.137. The molecule has 0 spiro atoms. The van der Waals surface area contributed by atoms with Crippen LogP contribution in [0.5, 0.6) is 0 Å². The lowest BCUT2D eigenvalue weighted by Crippen LogP contribution is -2.34. The minimum atomic E-state index is -0.935. The number of aliphatic hydroxyl groups excluding tert-OH is 1. The summed E-state index contributed by atoms with van der Waals surface area (Å²) in [7, 11) is 0. The zero-order valence-electron chi connectivity index (χ0n) is 12.1. The maximum Gasteiger partial charge on any atom is 0.230 e. The van der Waals surface area contributed by atoms with E-state index in [1.165, 1.54) is 6.07 Å². The number of carbonyl (C=O) groups excluding carboxylic acids is 1. The second kappa shape index (κ2) is 6.68. The van der Waals surface area contributed by atoms with Crippen molar-refractivity contribution in [3.63, 3.8) is 0 Å². The number of nitrogens with one attached hydrogen (secondary N) is 1. The van der Waals surface area contributed by atoms with Gasteiger partial charge in [-0.3, -0.25) is 4.79 Å². The number of aliphatic hydroxyl groups is 1. The first-order valence-corrected chi connectivity index (χ1v) is 8.16. The molecule has 0 aliphatic heterocycles. The van der Waals surface area contributed by atoms with Crippen molar-refractivity contribution in [3.05, 3.63) is 65.2 Å². The van der Waals surface area contributed by atoms with Gasteiger partial charge in [0.15, 0.2) is 11.6 Å². The first-order chi connectivity index (χ1) is 11.0. The van der Waals surface area contributed by atoms with Crippen LogP contribution in [0.3, 0.4) is 0 Å². The molecule has 1 aliphatic rings. The lowest BCUT2D eigenvalue weighted by Gasteiger charge is -2.17. The molecular weight excluding hydrogens is 320 g/mol. The summed E-state index contributed by atoms with van der Waals surface area (Å²) in [5.74, 6) is -2.04. The average Bonchev–Trinajstić information content (AvgIpc) is 2.84. The van der Waals surface area contributed by atoms with Gasteiger partial charge in [0.1, 0.15) is 0 Å². The average molecular weight is 335 g/mol. The number of benzene rings is 2. The van der Waals surface area contributed by atoms with E-state index in [4.69, 9.17) is 0 Å². The number of hydrogen-bond acceptors (Lipinski definition) is 3. The molecule has 2 aromatic rings. The monoisotopic (exact) mass is 335 g/mol. The Hall–Kier alpha value is -1.92. The van der Waals surface area contributed by atoms with Crippen LogP contribution in [0, 0.1) is 11.6 Å². The predicted octanol–water partition coefficient (Wildman–Crippen LogP) is 2.83. The number of carbonyl (C=O) groups is 1. The van der Waals surface area contributed by atoms with E-state index < -0.39 is 23.8 Å². The van der Waals surface area contributed by atoms with E-state index >= 15 is 0 Å². The van der Waals surface area contributed by atoms with Gasteiger partial charge >= 0.3 is 0 Å². The Morgan fingerprint density at radius 3 is 2.78 bits per heavy atom. The van der Waals surface area contributed by atoms with E-state index in [9.17, 15) is 18.7 Å². The zero-order chi connectivity index (χ0) is 16.4. The van der Waals surface area contributed by atoms with E-state index in [2.05, 4.69) is 5.32 Å². The fourth-order valence-corrected chi connectivity index (χ4v) is 3.41. The molecule has 0 radical (unpaired) electrons. The highest BCUT2D eigenvalue weighted by molar-refractivity contribution is 8.00. The molecule has 2 N–H and O–H groups in total. The second-order valence-corrected chi connectivity index (χ2v) is 6.43. The molecule has 23 heavy (non-hydrogen) atoms. The Balaban J connectivity index is 1.60. The molecule has 0 fully saturated rings. The molecule has 0 heterocycles. The van der Waals surface area contributed by atoms with E-state index in [1.807, 2.05) is 24.3 Å². The third-order valence-electron chi connectivity index (χ3n) is 3.78. The van der Waals surface area contributed by atoms with E-state index in [-0.39, 0.29) is 11.7 Å². The minimum Gasteiger partial charge on any atom is -0.390 e. The van der Waals surface area contributed by atoms with Crippen LogP contribution in [-0.4, -0.2) is 22.9 Å². The van der Waals surface area contributed by atoms with Crippen molar-refractivity contribution in [2.45, 2.75) is 23.5 Å². The fourth-order valence-electron chi connectivity index (χ4n) is 2.68. The highest BCUT2D eigenvalue weighted by Crippen LogP contribution is 2.31. The van der Waals surface area contributed by atoms with Gasteiger partial charge in [-0.05, 0) is 29.3 Å². The van der Waals surface area contributed by atoms with Gasteiger partial charge in [-0.25, -0.2) is 8.78 Å². The van der Waals surface area contributed by atoms with Gasteiger partial charge in [0.2, 0.25) is 5.91 Å². The van der Waals surface area contributed by atoms with Crippen LogP contribution in [0.15, 0.2) is 47.4 Å². The number of fused-ring (bicyclic) bond motifs is 1. The van der Waals surface area contributed by atoms with Crippen molar-refractivity contribution in [2.75, 3.05) is 5.75 Å². The van der Waals surface area contributed by atoms with Crippen LogP contribution in [0.2, 0.25) is 0 Å². The van der Waals surface area contributed by atoms with Crippen molar-refractivity contribution >= 4 is 17.7 Å². The van der Waals surface area contributed by atoms with Gasteiger partial charge in [-0.2, -0.15) is 0 Å². The summed E-state index contributed by atoms with van der Waals surface area (Å²) in [6, 6.07) is 10.7. The summed E-state index contributed by atoms with van der Waals surface area (Å²) in [6.45, 7) is 0. The highest BCUT2D eigenvalue weighted by atomic mass is 32.2. The normalized spacial score (nSPS) is 19.4. The van der Waals surface area contributed by atoms with Crippen molar-refractivity contribution in [1.29, 1.82) is 0 Å². The molecule has 1 amide bonds. The SMILES string of the molecule is O=C(CSc1ccc(F)c(F)c1)NC1c2ccccc2CC1O. The number of hydrogen-bond donors (Lipinski definition) is 2. The molecule has 3 rings (SSSR count). The van der Waals surface area contributed by atoms with E-state index in [0.29, 0.717) is 11.3 Å². The summed E-state index contributed by atoms with van der Waals surface area (Å²) in [5.41, 5.74) is 1.95. The molecule has 0 saturated heterocycles. The Kier molecular flexibility index (Phi) is 4.63. The molecule has 2 aromatic carbocycles. The Morgan fingerprint density at radius 1 is 1.22 bits per heavy atom. The molecule has 2 atom stereocenters. The topological polar surface area (TPSA) is 49.3 Å². The van der Waals surface area contributed by atoms with Crippen LogP contribution in [-0.2, 0) is 11.2 Å². The van der Waals surface area contributed by atoms with Crippen molar-refractivity contribution < 1.29 is 18.7 Å². The van der Waals surface area contributed by atoms with Gasteiger partial charge in [0.05, 0.1) is 17.9 Å². The van der Waals surface area contributed by atoms with Gasteiger partial charge < -0.3 is 10.4 Å². The number of rotatable bonds is 4. The predicted molar refractivity (Wildman–Crippen MR) is 84.1 cm³/mol. The summed E-state index contributed by atoms with van der Waals surface area (Å²) >= 11 is 1.12. The number of thioether (sulfide) groups is 1. The maximum absolute atomic E-state index is 13.1. The molecule has 0 saturated carbocycles. The third-order valence-corrected chi connectivity index (χ3v) is 4.78. The number of amides is 1. The molecule has 0 bridgehead atoms. The molecular formula is C17H15F2NO2S. The lowest BCUT2D eigenvalue weighted by atomic mass is 10.1. The largest absolute Gasteiger partial charge is 0.390 e. The summed E-state index contributed by atoms with van der Waals surface area (Å²) in [4.78, 5) is 12.5. The quantitative estimate of drug-likeness (QED) is 0.845. The summed E-state index contributed by atoms with van der Waals surface area (Å²) < 4.78 is 26.0. The molecule has 3 nitrogen and oxygen atoms in total. The first kappa shape index (κ1) is 16.0. The standard InChI is InChI=1S/C17H15F2NO2S/c18-13-6-5-11(8-14(13)19)23-9-16(22)20-17-12-4-2-1-3-10(12)7-15(17)21/h1-6,8,15,17,21H,7,9H2,(H,20,22). The molecule has 0 aromatic heterocycles. The first-order valence-electron chi connectivity index (χ1n) is 7.17. The Labute approximate surface area is 136 Å². The Bertz CT molecular complexity index is 738. The van der Waals surface area contributed by atoms with Crippen LogP contribution in [0.25, 0.3) is 0 Å². The van der Waals surface area contributed by atoms with Crippen molar-refractivity contribution in [3.8, 4) is 0 Å². The van der Waals surface area contributed by atoms with Gasteiger partial charge in [0.25, 0.3) is 0 Å². The van der Waals surface area contributed by atoms with Crippen LogP contribution < -0.4 is 5.32 Å². The summed E-state index contributed by atoms with van der Waals surface area (Å²) in [5, 5.41) is 12.9. The molecule has 2 unspecified atom stereocenters. The molecule has 120 valence electrons. The van der Waals surface area contributed by atoms with Gasteiger partial charge in [-0.15, -0.1) is 11.8 Å². The van der Waals surface area contributed by atoms with Crippen LogP contribution in [0.4, 0.5) is 8.78 Å². The minimum absolute atomic E-state index is 0.0659. The third kappa shape index (κ3) is 3.54. The highest BCUT2D eigenvalue weighted by Gasteiger charge is 2.31. The number of halogens is 2. The smallest absolute Gasteiger partial charge is 0.230 e. The Morgan fingerprint density at radius 2 is 2.00 bits per heavy atom. The van der Waals surface area contributed by atoms with E-state index in [1.54, 1.807) is 0 Å². The van der Waals surface area contributed by atoms with E-state index in [0.717, 1.165) is 35.0 Å². The van der Waals surface area contributed by atoms with Crippen LogP contribution >= 0.6 is 11.8 Å². The van der Waals surface area contributed by atoms with Gasteiger partial charge in [-0.1, -0.05) is 24.3 Å². The fraction of sp³-hybridized carbons (Fsp3) is 0.235. The molecule has 6 heteroatoms. The maximum atomic E-state index is 13.1. The van der Waals surface area contributed by atoms with Crippen molar-refractivity contribution in [2.24, 2.45) is 0 Å². The van der Waals surface area contributed by atoms with Crippen LogP contribution in [0.1, 0.15) is 17.2 Å². The van der Waals surface area contributed by atoms with Gasteiger partial charge in [0, 0.05) is 11.3 Å². The lowest BCUT2D eigenvalue weighted by molar-refractivity contribution is -0.120.